The number of nitrogens with zero attached hydrogens (tertiary/aromatic N) is 2. The van der Waals surface area contributed by atoms with Crippen LogP contribution in [0.25, 0.3) is 10.9 Å². The Hall–Kier alpha value is -2.17. The van der Waals surface area contributed by atoms with Crippen LogP contribution in [0.3, 0.4) is 0 Å². The molecule has 1 saturated heterocycles. The SMILES string of the molecule is CN1[C@H]2CC[C@@H]1c1c(n(CC(C)(O)c3ccc(F)cc3)c3ccccc13)C2. The van der Waals surface area contributed by atoms with Crippen molar-refractivity contribution in [3.05, 3.63) is 71.2 Å². The van der Waals surface area contributed by atoms with E-state index in [1.807, 2.05) is 6.92 Å². The minimum absolute atomic E-state index is 0.280. The zero-order valence-electron chi connectivity index (χ0n) is 15.8. The van der Waals surface area contributed by atoms with Gasteiger partial charge in [0.15, 0.2) is 0 Å². The first-order chi connectivity index (χ1) is 13.0. The number of halogens is 1. The van der Waals surface area contributed by atoms with Crippen LogP contribution in [0.5, 0.6) is 0 Å². The molecule has 2 aliphatic rings. The van der Waals surface area contributed by atoms with E-state index in [0.717, 1.165) is 12.0 Å². The van der Waals surface area contributed by atoms with Gasteiger partial charge < -0.3 is 9.67 Å². The Balaban J connectivity index is 1.64. The Morgan fingerprint density at radius 1 is 1.11 bits per heavy atom. The predicted molar refractivity (Wildman–Crippen MR) is 105 cm³/mol. The van der Waals surface area contributed by atoms with Gasteiger partial charge in [-0.15, -0.1) is 0 Å². The molecule has 3 aromatic rings. The van der Waals surface area contributed by atoms with Gasteiger partial charge in [0.2, 0.25) is 0 Å². The van der Waals surface area contributed by atoms with E-state index in [2.05, 4.69) is 40.8 Å². The van der Waals surface area contributed by atoms with Crippen molar-refractivity contribution in [1.29, 1.82) is 0 Å². The maximum Gasteiger partial charge on any atom is 0.123 e. The average molecular weight is 364 g/mol. The summed E-state index contributed by atoms with van der Waals surface area (Å²) in [5.41, 5.74) is 3.67. The molecule has 3 nitrogen and oxygen atoms in total. The van der Waals surface area contributed by atoms with Crippen LogP contribution in [0.15, 0.2) is 48.5 Å². The molecule has 1 N–H and O–H groups in total. The smallest absolute Gasteiger partial charge is 0.123 e. The van der Waals surface area contributed by atoms with Crippen LogP contribution < -0.4 is 0 Å². The maximum atomic E-state index is 13.3. The van der Waals surface area contributed by atoms with Crippen molar-refractivity contribution in [2.75, 3.05) is 7.05 Å². The summed E-state index contributed by atoms with van der Waals surface area (Å²) < 4.78 is 15.6. The fourth-order valence-electron chi connectivity index (χ4n) is 5.19. The molecule has 0 saturated carbocycles. The quantitative estimate of drug-likeness (QED) is 0.747. The third kappa shape index (κ3) is 2.54. The number of aromatic nitrogens is 1. The molecule has 3 heterocycles. The second-order valence-corrected chi connectivity index (χ2v) is 8.36. The van der Waals surface area contributed by atoms with Crippen molar-refractivity contribution >= 4 is 10.9 Å². The normalized spacial score (nSPS) is 24.1. The Kier molecular flexibility index (Phi) is 3.72. The lowest BCUT2D eigenvalue weighted by Crippen LogP contribution is -2.36. The highest BCUT2D eigenvalue weighted by molar-refractivity contribution is 5.86. The summed E-state index contributed by atoms with van der Waals surface area (Å²) >= 11 is 0. The molecule has 27 heavy (non-hydrogen) atoms. The maximum absolute atomic E-state index is 13.3. The molecule has 3 atom stereocenters. The highest BCUT2D eigenvalue weighted by Crippen LogP contribution is 2.47. The highest BCUT2D eigenvalue weighted by Gasteiger charge is 2.41. The lowest BCUT2D eigenvalue weighted by molar-refractivity contribution is 0.0381. The molecule has 0 spiro atoms. The van der Waals surface area contributed by atoms with Crippen LogP contribution in [-0.2, 0) is 18.6 Å². The van der Waals surface area contributed by atoms with E-state index in [1.165, 1.54) is 47.1 Å². The van der Waals surface area contributed by atoms with Gasteiger partial charge in [-0.1, -0.05) is 30.3 Å². The van der Waals surface area contributed by atoms with Crippen LogP contribution in [0, 0.1) is 5.82 Å². The number of hydrogen-bond acceptors (Lipinski definition) is 2. The molecule has 2 bridgehead atoms. The molecule has 0 radical (unpaired) electrons. The Morgan fingerprint density at radius 3 is 2.63 bits per heavy atom. The zero-order chi connectivity index (χ0) is 18.8. The number of para-hydroxylation sites is 1. The molecule has 1 aromatic heterocycles. The standard InChI is InChI=1S/C23H25FN2O/c1-23(27,15-7-9-16(24)10-8-15)14-26-19-6-4-3-5-18(19)22-20-12-11-17(25(20)2)13-21(22)26/h3-10,17,20,27H,11-14H2,1-2H3/t17-,20+,23?/m0/s1. The topological polar surface area (TPSA) is 28.4 Å². The van der Waals surface area contributed by atoms with Gasteiger partial charge >= 0.3 is 0 Å². The van der Waals surface area contributed by atoms with E-state index < -0.39 is 5.60 Å². The number of rotatable bonds is 3. The van der Waals surface area contributed by atoms with Crippen molar-refractivity contribution in [1.82, 2.24) is 9.47 Å². The zero-order valence-corrected chi connectivity index (χ0v) is 15.8. The summed E-state index contributed by atoms with van der Waals surface area (Å²) in [6.45, 7) is 2.29. The molecule has 0 aliphatic carbocycles. The van der Waals surface area contributed by atoms with Crippen LogP contribution >= 0.6 is 0 Å². The number of fused-ring (bicyclic) bond motifs is 6. The second kappa shape index (κ2) is 5.91. The van der Waals surface area contributed by atoms with Gasteiger partial charge in [0.25, 0.3) is 0 Å². The first-order valence-corrected chi connectivity index (χ1v) is 9.76. The third-order valence-corrected chi connectivity index (χ3v) is 6.66. The first-order valence-electron chi connectivity index (χ1n) is 9.76. The monoisotopic (exact) mass is 364 g/mol. The summed E-state index contributed by atoms with van der Waals surface area (Å²) in [6.07, 6.45) is 3.46. The van der Waals surface area contributed by atoms with Crippen LogP contribution in [0.4, 0.5) is 4.39 Å². The van der Waals surface area contributed by atoms with Crippen molar-refractivity contribution in [3.8, 4) is 0 Å². The van der Waals surface area contributed by atoms with E-state index in [9.17, 15) is 9.50 Å². The lowest BCUT2D eigenvalue weighted by atomic mass is 9.95. The molecule has 1 unspecified atom stereocenters. The van der Waals surface area contributed by atoms with Gasteiger partial charge in [0, 0.05) is 35.1 Å². The van der Waals surface area contributed by atoms with E-state index >= 15 is 0 Å². The summed E-state index contributed by atoms with van der Waals surface area (Å²) in [5, 5.41) is 12.6. The third-order valence-electron chi connectivity index (χ3n) is 6.66. The predicted octanol–water partition coefficient (Wildman–Crippen LogP) is 4.38. The Morgan fingerprint density at radius 2 is 1.85 bits per heavy atom. The Labute approximate surface area is 159 Å². The molecule has 4 heteroatoms. The fourth-order valence-corrected chi connectivity index (χ4v) is 5.19. The van der Waals surface area contributed by atoms with E-state index in [-0.39, 0.29) is 5.82 Å². The van der Waals surface area contributed by atoms with Crippen molar-refractivity contribution in [2.24, 2.45) is 0 Å². The average Bonchev–Trinajstić information content (AvgIpc) is 3.06. The summed E-state index contributed by atoms with van der Waals surface area (Å²) in [7, 11) is 2.24. The largest absolute Gasteiger partial charge is 0.384 e. The molecule has 2 aromatic carbocycles. The summed E-state index contributed by atoms with van der Waals surface area (Å²) in [5.74, 6) is -0.280. The molecular weight excluding hydrogens is 339 g/mol. The summed E-state index contributed by atoms with van der Waals surface area (Å²) in [6, 6.07) is 15.8. The first kappa shape index (κ1) is 17.0. The second-order valence-electron chi connectivity index (χ2n) is 8.36. The van der Waals surface area contributed by atoms with Crippen molar-refractivity contribution in [2.45, 2.75) is 50.4 Å². The fraction of sp³-hybridized carbons (Fsp3) is 0.391. The highest BCUT2D eigenvalue weighted by atomic mass is 19.1. The van der Waals surface area contributed by atoms with Gasteiger partial charge in [0.1, 0.15) is 11.4 Å². The molecular formula is C23H25FN2O. The van der Waals surface area contributed by atoms with E-state index in [1.54, 1.807) is 12.1 Å². The van der Waals surface area contributed by atoms with Crippen molar-refractivity contribution < 1.29 is 9.50 Å². The minimum atomic E-state index is -1.06. The Bertz CT molecular complexity index is 1010. The minimum Gasteiger partial charge on any atom is -0.384 e. The number of likely N-dealkylation sites (N-methyl/N-ethyl adjacent to an activating group) is 1. The van der Waals surface area contributed by atoms with Crippen LogP contribution in [0.1, 0.15) is 42.6 Å². The molecule has 1 fully saturated rings. The van der Waals surface area contributed by atoms with E-state index in [4.69, 9.17) is 0 Å². The van der Waals surface area contributed by atoms with Crippen molar-refractivity contribution in [3.63, 3.8) is 0 Å². The van der Waals surface area contributed by atoms with Gasteiger partial charge in [-0.25, -0.2) is 4.39 Å². The van der Waals surface area contributed by atoms with E-state index in [0.29, 0.717) is 18.6 Å². The van der Waals surface area contributed by atoms with Crippen LogP contribution in [-0.4, -0.2) is 27.7 Å². The summed E-state index contributed by atoms with van der Waals surface area (Å²) in [4.78, 5) is 2.53. The number of hydrogen-bond donors (Lipinski definition) is 1. The van der Waals surface area contributed by atoms with Gasteiger partial charge in [-0.3, -0.25) is 4.90 Å². The lowest BCUT2D eigenvalue weighted by Gasteiger charge is -2.33. The number of aliphatic hydroxyl groups is 1. The molecule has 140 valence electrons. The molecule has 0 amide bonds. The van der Waals surface area contributed by atoms with Crippen LogP contribution in [0.2, 0.25) is 0 Å². The molecule has 5 rings (SSSR count). The van der Waals surface area contributed by atoms with Gasteiger partial charge in [-0.2, -0.15) is 0 Å². The van der Waals surface area contributed by atoms with Gasteiger partial charge in [-0.05, 0) is 56.1 Å². The molecule has 2 aliphatic heterocycles. The number of benzene rings is 2. The van der Waals surface area contributed by atoms with Gasteiger partial charge in [0.05, 0.1) is 6.54 Å².